The summed E-state index contributed by atoms with van der Waals surface area (Å²) in [5.74, 6) is 0. The lowest BCUT2D eigenvalue weighted by molar-refractivity contribution is 0.631. The molecule has 0 fully saturated rings. The summed E-state index contributed by atoms with van der Waals surface area (Å²) < 4.78 is 2.28. The van der Waals surface area contributed by atoms with Gasteiger partial charge in [-0.25, -0.2) is 4.98 Å². The molecule has 0 saturated carbocycles. The molecule has 5 heteroatoms. The fourth-order valence-electron chi connectivity index (χ4n) is 1.85. The number of fused-ring (bicyclic) bond motifs is 1. The van der Waals surface area contributed by atoms with Crippen LogP contribution < -0.4 is 5.32 Å². The van der Waals surface area contributed by atoms with Crippen LogP contribution in [0.4, 0.5) is 0 Å². The van der Waals surface area contributed by atoms with Gasteiger partial charge in [-0.3, -0.25) is 4.98 Å². The van der Waals surface area contributed by atoms with Gasteiger partial charge in [-0.1, -0.05) is 23.9 Å². The summed E-state index contributed by atoms with van der Waals surface area (Å²) >= 11 is 3.38. The minimum atomic E-state index is 0.275. The first-order valence-corrected chi connectivity index (χ1v) is 8.06. The minimum Gasteiger partial charge on any atom is -0.312 e. The number of hydrogen-bond acceptors (Lipinski definition) is 5. The van der Waals surface area contributed by atoms with E-state index < -0.39 is 0 Å². The van der Waals surface area contributed by atoms with Crippen molar-refractivity contribution in [3.63, 3.8) is 0 Å². The zero-order chi connectivity index (χ0) is 13.9. The molecule has 1 N–H and O–H groups in total. The van der Waals surface area contributed by atoms with Crippen LogP contribution in [0.2, 0.25) is 0 Å². The fourth-order valence-corrected chi connectivity index (χ4v) is 3.86. The van der Waals surface area contributed by atoms with Crippen LogP contribution in [0.3, 0.4) is 0 Å². The average Bonchev–Trinajstić information content (AvgIpc) is 2.89. The fraction of sp³-hybridized carbons (Fsp3) is 0.200. The van der Waals surface area contributed by atoms with Gasteiger partial charge in [0.05, 0.1) is 15.9 Å². The van der Waals surface area contributed by atoms with Crippen LogP contribution in [0.25, 0.3) is 10.2 Å². The van der Waals surface area contributed by atoms with Crippen molar-refractivity contribution in [3.05, 3.63) is 48.3 Å². The third-order valence-corrected chi connectivity index (χ3v) is 5.19. The van der Waals surface area contributed by atoms with Gasteiger partial charge >= 0.3 is 0 Å². The number of thiazole rings is 1. The maximum atomic E-state index is 4.62. The molecule has 0 aliphatic rings. The van der Waals surface area contributed by atoms with Crippen LogP contribution >= 0.6 is 23.1 Å². The molecule has 3 nitrogen and oxygen atoms in total. The van der Waals surface area contributed by atoms with E-state index in [4.69, 9.17) is 0 Å². The molecular formula is C15H15N3S2. The monoisotopic (exact) mass is 301 g/mol. The second kappa shape index (κ2) is 5.91. The molecule has 2 aromatic heterocycles. The van der Waals surface area contributed by atoms with Crippen LogP contribution in [-0.2, 0) is 0 Å². The summed E-state index contributed by atoms with van der Waals surface area (Å²) in [6.07, 6.45) is 1.92. The number of pyridine rings is 1. The van der Waals surface area contributed by atoms with Crippen LogP contribution in [0.1, 0.15) is 18.7 Å². The van der Waals surface area contributed by atoms with Gasteiger partial charge in [0.15, 0.2) is 4.34 Å². The Labute approximate surface area is 126 Å². The van der Waals surface area contributed by atoms with Crippen LogP contribution in [0.15, 0.2) is 51.8 Å². The quantitative estimate of drug-likeness (QED) is 0.786. The third kappa shape index (κ3) is 2.85. The second-order valence-corrected chi connectivity index (χ2v) is 6.83. The zero-order valence-electron chi connectivity index (χ0n) is 11.3. The van der Waals surface area contributed by atoms with E-state index in [1.807, 2.05) is 31.4 Å². The van der Waals surface area contributed by atoms with Gasteiger partial charge < -0.3 is 5.32 Å². The molecule has 1 atom stereocenters. The van der Waals surface area contributed by atoms with Crippen LogP contribution in [0.5, 0.6) is 0 Å². The number of rotatable bonds is 4. The molecule has 0 aliphatic heterocycles. The van der Waals surface area contributed by atoms with E-state index in [1.54, 1.807) is 23.1 Å². The smallest absolute Gasteiger partial charge is 0.155 e. The van der Waals surface area contributed by atoms with E-state index >= 15 is 0 Å². The van der Waals surface area contributed by atoms with E-state index in [0.29, 0.717) is 0 Å². The predicted molar refractivity (Wildman–Crippen MR) is 85.5 cm³/mol. The Balaban J connectivity index is 1.80. The lowest BCUT2D eigenvalue weighted by Gasteiger charge is -2.09. The largest absolute Gasteiger partial charge is 0.312 e. The Morgan fingerprint density at radius 2 is 2.05 bits per heavy atom. The molecule has 102 valence electrons. The molecule has 0 saturated heterocycles. The Hall–Kier alpha value is -1.43. The molecule has 0 bridgehead atoms. The Bertz CT molecular complexity index is 673. The van der Waals surface area contributed by atoms with Crippen molar-refractivity contribution in [2.45, 2.75) is 22.2 Å². The van der Waals surface area contributed by atoms with Gasteiger partial charge in [0.25, 0.3) is 0 Å². The summed E-state index contributed by atoms with van der Waals surface area (Å²) in [5, 5.41) is 3.19. The summed E-state index contributed by atoms with van der Waals surface area (Å²) in [7, 11) is 1.94. The Morgan fingerprint density at radius 1 is 1.20 bits per heavy atom. The molecular weight excluding hydrogens is 286 g/mol. The number of hydrogen-bond donors (Lipinski definition) is 1. The van der Waals surface area contributed by atoms with Crippen molar-refractivity contribution in [2.24, 2.45) is 0 Å². The van der Waals surface area contributed by atoms with Crippen LogP contribution in [-0.4, -0.2) is 17.0 Å². The highest BCUT2D eigenvalue weighted by Crippen LogP contribution is 2.34. The Morgan fingerprint density at radius 3 is 2.75 bits per heavy atom. The molecule has 1 aromatic carbocycles. The van der Waals surface area contributed by atoms with E-state index in [-0.39, 0.29) is 6.04 Å². The predicted octanol–water partition coefficient (Wildman–Crippen LogP) is 4.12. The zero-order valence-corrected chi connectivity index (χ0v) is 13.0. The van der Waals surface area contributed by atoms with Crippen molar-refractivity contribution in [1.82, 2.24) is 15.3 Å². The van der Waals surface area contributed by atoms with Crippen molar-refractivity contribution in [3.8, 4) is 0 Å². The third-order valence-electron chi connectivity index (χ3n) is 3.12. The average molecular weight is 301 g/mol. The molecule has 3 rings (SSSR count). The van der Waals surface area contributed by atoms with Gasteiger partial charge in [0, 0.05) is 17.1 Å². The maximum absolute atomic E-state index is 4.62. The molecule has 20 heavy (non-hydrogen) atoms. The molecule has 2 heterocycles. The number of nitrogens with zero attached hydrogens (tertiary/aromatic N) is 2. The lowest BCUT2D eigenvalue weighted by atomic mass is 10.2. The molecule has 0 spiro atoms. The summed E-state index contributed by atoms with van der Waals surface area (Å²) in [6, 6.07) is 12.7. The van der Waals surface area contributed by atoms with Gasteiger partial charge in [-0.2, -0.15) is 0 Å². The van der Waals surface area contributed by atoms with Crippen molar-refractivity contribution in [2.75, 3.05) is 7.05 Å². The normalized spacial score (nSPS) is 12.7. The molecule has 0 radical (unpaired) electrons. The minimum absolute atomic E-state index is 0.275. The lowest BCUT2D eigenvalue weighted by Crippen LogP contribution is -2.13. The molecule has 0 amide bonds. The number of nitrogens with one attached hydrogen (secondary N) is 1. The number of para-hydroxylation sites is 1. The van der Waals surface area contributed by atoms with Gasteiger partial charge in [0.2, 0.25) is 0 Å². The van der Waals surface area contributed by atoms with Crippen molar-refractivity contribution < 1.29 is 0 Å². The summed E-state index contributed by atoms with van der Waals surface area (Å²) in [5.41, 5.74) is 2.12. The van der Waals surface area contributed by atoms with Crippen molar-refractivity contribution >= 4 is 33.3 Å². The van der Waals surface area contributed by atoms with Gasteiger partial charge in [-0.15, -0.1) is 11.3 Å². The highest BCUT2D eigenvalue weighted by atomic mass is 32.2. The molecule has 3 aromatic rings. The first-order chi connectivity index (χ1) is 9.76. The van der Waals surface area contributed by atoms with Crippen LogP contribution in [0, 0.1) is 0 Å². The van der Waals surface area contributed by atoms with E-state index in [9.17, 15) is 0 Å². The second-order valence-electron chi connectivity index (χ2n) is 4.48. The molecule has 1 unspecified atom stereocenters. The summed E-state index contributed by atoms with van der Waals surface area (Å²) in [6.45, 7) is 2.10. The first-order valence-electron chi connectivity index (χ1n) is 6.43. The van der Waals surface area contributed by atoms with Gasteiger partial charge in [0.1, 0.15) is 0 Å². The van der Waals surface area contributed by atoms with E-state index in [1.165, 1.54) is 4.70 Å². The van der Waals surface area contributed by atoms with Gasteiger partial charge in [-0.05, 0) is 38.2 Å². The highest BCUT2D eigenvalue weighted by molar-refractivity contribution is 8.01. The highest BCUT2D eigenvalue weighted by Gasteiger charge is 2.07. The first kappa shape index (κ1) is 13.5. The SMILES string of the molecule is CNC(C)c1ccc(Sc2nc3ccccc3s2)cn1. The van der Waals surface area contributed by atoms with Crippen molar-refractivity contribution in [1.29, 1.82) is 0 Å². The number of benzene rings is 1. The number of aromatic nitrogens is 2. The topological polar surface area (TPSA) is 37.8 Å². The van der Waals surface area contributed by atoms with E-state index in [0.717, 1.165) is 20.4 Å². The molecule has 0 aliphatic carbocycles. The van der Waals surface area contributed by atoms with E-state index in [2.05, 4.69) is 40.4 Å². The Kier molecular flexibility index (Phi) is 4.00. The maximum Gasteiger partial charge on any atom is 0.155 e. The standard InChI is InChI=1S/C15H15N3S2/c1-10(16-2)12-8-7-11(9-17-12)19-15-18-13-5-3-4-6-14(13)20-15/h3-10,16H,1-2H3. The summed E-state index contributed by atoms with van der Waals surface area (Å²) in [4.78, 5) is 10.2.